The zero-order valence-electron chi connectivity index (χ0n) is 47.1. The van der Waals surface area contributed by atoms with Crippen molar-refractivity contribution >= 4 is 99.5 Å². The third-order valence-corrected chi connectivity index (χ3v) is 19.4. The highest BCUT2D eigenvalue weighted by Crippen LogP contribution is 2.57. The van der Waals surface area contributed by atoms with E-state index >= 15 is 0 Å². The summed E-state index contributed by atoms with van der Waals surface area (Å²) >= 11 is 0. The molecule has 0 bridgehead atoms. The van der Waals surface area contributed by atoms with Crippen LogP contribution in [0.4, 0.5) is 34.1 Å². The lowest BCUT2D eigenvalue weighted by Gasteiger charge is -2.38. The van der Waals surface area contributed by atoms with E-state index in [1.807, 2.05) is 12.1 Å². The molecule has 0 spiro atoms. The maximum atomic E-state index is 6.42. The van der Waals surface area contributed by atoms with Crippen LogP contribution in [0.5, 0.6) is 0 Å². The van der Waals surface area contributed by atoms with Crippen molar-refractivity contribution in [3.05, 3.63) is 263 Å². The van der Waals surface area contributed by atoms with Crippen LogP contribution < -0.4 is 9.80 Å². The second-order valence-electron chi connectivity index (χ2n) is 24.8. The summed E-state index contributed by atoms with van der Waals surface area (Å²) in [5, 5.41) is 9.54. The lowest BCUT2D eigenvalue weighted by molar-refractivity contribution is 0.645. The highest BCUT2D eigenvalue weighted by Gasteiger charge is 2.39. The Morgan fingerprint density at radius 3 is 1.17 bits per heavy atom. The molecule has 2 aromatic heterocycles. The topological polar surface area (TPSA) is 32.8 Å². The van der Waals surface area contributed by atoms with Crippen molar-refractivity contribution in [1.82, 2.24) is 0 Å². The largest absolute Gasteiger partial charge is 0.456 e. The first kappa shape index (κ1) is 47.2. The number of para-hydroxylation sites is 2. The summed E-state index contributed by atoms with van der Waals surface area (Å²) in [6.07, 6.45) is 0. The second kappa shape index (κ2) is 16.5. The molecule has 3 aliphatic rings. The van der Waals surface area contributed by atoms with Crippen molar-refractivity contribution < 1.29 is 8.83 Å². The number of rotatable bonds is 6. The Balaban J connectivity index is 0.846. The predicted molar refractivity (Wildman–Crippen MR) is 343 cm³/mol. The fourth-order valence-electron chi connectivity index (χ4n) is 15.3. The minimum Gasteiger partial charge on any atom is -0.456 e. The summed E-state index contributed by atoms with van der Waals surface area (Å²) in [5.74, 6) is 0. The van der Waals surface area contributed by atoms with Gasteiger partial charge in [-0.25, -0.2) is 0 Å². The third-order valence-electron chi connectivity index (χ3n) is 19.4. The highest BCUT2D eigenvalue weighted by molar-refractivity contribution is 6.20. The summed E-state index contributed by atoms with van der Waals surface area (Å²) in [7, 11) is 0. The number of benzene rings is 12. The van der Waals surface area contributed by atoms with Crippen LogP contribution in [0.15, 0.2) is 233 Å². The number of aryl methyl sites for hydroxylation is 1. The van der Waals surface area contributed by atoms with Gasteiger partial charge in [-0.3, -0.25) is 0 Å². The van der Waals surface area contributed by atoms with Crippen LogP contribution in [0, 0.1) is 6.92 Å². The van der Waals surface area contributed by atoms with E-state index in [0.717, 1.165) is 78.0 Å². The molecule has 0 N–H and O–H groups in total. The van der Waals surface area contributed by atoms with E-state index in [-0.39, 0.29) is 16.2 Å². The van der Waals surface area contributed by atoms with Crippen molar-refractivity contribution in [2.24, 2.45) is 0 Å². The quantitative estimate of drug-likeness (QED) is 0.155. The van der Waals surface area contributed by atoms with Crippen LogP contribution in [0.3, 0.4) is 0 Å². The first-order valence-corrected chi connectivity index (χ1v) is 28.9. The Labute approximate surface area is 477 Å². The monoisotopic (exact) mass is 1050 g/mol. The maximum Gasteiger partial charge on any atom is 0.135 e. The lowest BCUT2D eigenvalue weighted by atomic mass is 9.67. The zero-order chi connectivity index (χ0) is 55.1. The molecule has 0 fully saturated rings. The van der Waals surface area contributed by atoms with Crippen molar-refractivity contribution in [3.63, 3.8) is 0 Å². The molecule has 4 nitrogen and oxygen atoms in total. The van der Waals surface area contributed by atoms with Crippen LogP contribution in [0.25, 0.3) is 98.8 Å². The molecule has 0 amide bonds. The first-order chi connectivity index (χ1) is 39.8. The average molecular weight is 1060 g/mol. The van der Waals surface area contributed by atoms with Gasteiger partial charge < -0.3 is 18.6 Å². The normalized spacial score (nSPS) is 14.8. The summed E-state index contributed by atoms with van der Waals surface area (Å²) in [6.45, 7) is 16.7. The molecule has 392 valence electrons. The molecule has 0 aliphatic heterocycles. The van der Waals surface area contributed by atoms with E-state index in [0.29, 0.717) is 0 Å². The van der Waals surface area contributed by atoms with Crippen LogP contribution in [-0.4, -0.2) is 0 Å². The van der Waals surface area contributed by atoms with Gasteiger partial charge in [-0.2, -0.15) is 0 Å². The Morgan fingerprint density at radius 2 is 0.634 bits per heavy atom. The average Bonchev–Trinajstić information content (AvgIpc) is 2.85. The fraction of sp³-hybridized carbons (Fsp3) is 0.128. The Bertz CT molecular complexity index is 5120. The Morgan fingerprint density at radius 1 is 0.268 bits per heavy atom. The maximum absolute atomic E-state index is 6.42. The number of fused-ring (bicyclic) bond motifs is 16. The summed E-state index contributed by atoms with van der Waals surface area (Å²) in [6, 6.07) is 83.7. The predicted octanol–water partition coefficient (Wildman–Crippen LogP) is 22.0. The van der Waals surface area contributed by atoms with E-state index in [1.54, 1.807) is 0 Å². The van der Waals surface area contributed by atoms with Gasteiger partial charge in [0.25, 0.3) is 0 Å². The molecule has 0 atom stereocenters. The van der Waals surface area contributed by atoms with E-state index in [1.165, 1.54) is 93.9 Å². The van der Waals surface area contributed by atoms with Gasteiger partial charge in [-0.05, 0) is 198 Å². The molecular weight excluding hydrogens is 997 g/mol. The van der Waals surface area contributed by atoms with Crippen molar-refractivity contribution in [1.29, 1.82) is 0 Å². The van der Waals surface area contributed by atoms with Crippen LogP contribution in [0.1, 0.15) is 80.5 Å². The highest BCUT2D eigenvalue weighted by atomic mass is 16.3. The smallest absolute Gasteiger partial charge is 0.135 e. The van der Waals surface area contributed by atoms with Gasteiger partial charge in [0.15, 0.2) is 0 Å². The van der Waals surface area contributed by atoms with E-state index < -0.39 is 0 Å². The van der Waals surface area contributed by atoms with Gasteiger partial charge >= 0.3 is 0 Å². The van der Waals surface area contributed by atoms with Crippen LogP contribution in [-0.2, 0) is 16.2 Å². The minimum absolute atomic E-state index is 0.159. The summed E-state index contributed by atoms with van der Waals surface area (Å²) < 4.78 is 12.8. The van der Waals surface area contributed by atoms with Gasteiger partial charge in [-0.1, -0.05) is 169 Å². The van der Waals surface area contributed by atoms with Gasteiger partial charge in [0.1, 0.15) is 22.3 Å². The molecule has 82 heavy (non-hydrogen) atoms. The van der Waals surface area contributed by atoms with E-state index in [2.05, 4.69) is 271 Å². The molecule has 17 rings (SSSR count). The molecule has 3 aliphatic carbocycles. The number of hydrogen-bond donors (Lipinski definition) is 0. The van der Waals surface area contributed by atoms with E-state index in [4.69, 9.17) is 8.83 Å². The summed E-state index contributed by atoms with van der Waals surface area (Å²) in [4.78, 5) is 4.94. The standard InChI is InChI=1S/C78H58N2O2/c1-45-52-33-27-46(79(47-31-37-72-62(40-47)57-19-10-14-25-70(57)81-72)49-28-34-55-53-17-8-12-22-64(53)76(2,3)67(55)42-49)39-61(52)59-21-16-24-66-75(59)74(45)60-36-30-51(44-69(60)78(66,6)7)80(48-32-38-73-63(41-48)58-20-11-15-26-71(58)82-73)50-29-35-56-54-18-9-13-23-65(54)77(4,5)68(56)43-50/h8-44H,1-7H3. The van der Waals surface area contributed by atoms with Gasteiger partial charge in [-0.15, -0.1) is 0 Å². The third kappa shape index (κ3) is 6.38. The van der Waals surface area contributed by atoms with E-state index in [9.17, 15) is 0 Å². The van der Waals surface area contributed by atoms with Gasteiger partial charge in [0.2, 0.25) is 0 Å². The molecule has 0 saturated heterocycles. The molecular formula is C78H58N2O2. The molecule has 0 radical (unpaired) electrons. The Hall–Kier alpha value is -9.64. The second-order valence-corrected chi connectivity index (χ2v) is 24.8. The number of furan rings is 2. The molecule has 12 aromatic carbocycles. The molecule has 0 unspecified atom stereocenters. The number of anilines is 6. The Kier molecular flexibility index (Phi) is 9.49. The van der Waals surface area contributed by atoms with Crippen molar-refractivity contribution in [2.45, 2.75) is 64.7 Å². The molecule has 14 aromatic rings. The molecule has 0 saturated carbocycles. The first-order valence-electron chi connectivity index (χ1n) is 28.9. The van der Waals surface area contributed by atoms with Crippen molar-refractivity contribution in [2.75, 3.05) is 9.80 Å². The number of nitrogens with zero attached hydrogens (tertiary/aromatic N) is 2. The molecule has 2 heterocycles. The van der Waals surface area contributed by atoms with Gasteiger partial charge in [0.05, 0.1) is 0 Å². The van der Waals surface area contributed by atoms with Crippen molar-refractivity contribution in [3.8, 4) is 33.4 Å². The lowest BCUT2D eigenvalue weighted by Crippen LogP contribution is -2.25. The SMILES string of the molecule is Cc1c2c3c(cccc3c3cc(N(c4ccc5c(c4)C(C)(C)c4ccccc4-5)c4ccc5oc6ccccc6c5c4)ccc13)C(C)(C)c1cc(N(c3ccc4c(c3)C(C)(C)c3ccccc3-4)c3ccc4oc5ccccc5c4c3)ccc1-2. The fourth-order valence-corrected chi connectivity index (χ4v) is 15.3. The molecule has 4 heteroatoms. The van der Waals surface area contributed by atoms with Crippen LogP contribution >= 0.6 is 0 Å². The summed E-state index contributed by atoms with van der Waals surface area (Å²) in [5.41, 5.74) is 26.8. The zero-order valence-corrected chi connectivity index (χ0v) is 47.1. The van der Waals surface area contributed by atoms with Crippen LogP contribution in [0.2, 0.25) is 0 Å². The number of hydrogen-bond acceptors (Lipinski definition) is 4. The minimum atomic E-state index is -0.350. The van der Waals surface area contributed by atoms with Gasteiger partial charge in [0, 0.05) is 71.9 Å².